The quantitative estimate of drug-likeness (QED) is 0.617. The van der Waals surface area contributed by atoms with E-state index in [1.54, 1.807) is 11.0 Å². The number of amides is 1. The first-order valence-electron chi connectivity index (χ1n) is 9.21. The summed E-state index contributed by atoms with van der Waals surface area (Å²) >= 11 is 0. The van der Waals surface area contributed by atoms with Gasteiger partial charge in [0.05, 0.1) is 12.0 Å². The molecule has 156 valence electrons. The number of hydrogen-bond donors (Lipinski definition) is 1. The highest BCUT2D eigenvalue weighted by atomic mass is 16.6. The molecule has 0 spiro atoms. The molecule has 1 saturated heterocycles. The fourth-order valence-corrected chi connectivity index (χ4v) is 3.26. The molecule has 1 amide bonds. The number of hydrogen-bond acceptors (Lipinski definition) is 7. The van der Waals surface area contributed by atoms with Crippen molar-refractivity contribution in [3.05, 3.63) is 27.8 Å². The molecule has 9 heteroatoms. The second kappa shape index (κ2) is 8.22. The van der Waals surface area contributed by atoms with E-state index < -0.39 is 16.3 Å². The number of rotatable bonds is 4. The maximum atomic E-state index is 12.4. The smallest absolute Gasteiger partial charge is 0.410 e. The van der Waals surface area contributed by atoms with Gasteiger partial charge in [-0.3, -0.25) is 15.0 Å². The normalized spacial score (nSPS) is 20.7. The van der Waals surface area contributed by atoms with Gasteiger partial charge >= 0.3 is 11.8 Å². The molecule has 1 heterocycles. The zero-order valence-corrected chi connectivity index (χ0v) is 17.3. The Balaban J connectivity index is 2.16. The average Bonchev–Trinajstić information content (AvgIpc) is 2.57. The second-order valence-corrected chi connectivity index (χ2v) is 8.18. The highest BCUT2D eigenvalue weighted by molar-refractivity contribution is 5.68. The molecule has 9 nitrogen and oxygen atoms in total. The van der Waals surface area contributed by atoms with Gasteiger partial charge in [0, 0.05) is 37.8 Å². The lowest BCUT2D eigenvalue weighted by Crippen LogP contribution is -2.58. The fraction of sp³-hybridized carbons (Fsp3) is 0.632. The summed E-state index contributed by atoms with van der Waals surface area (Å²) in [6, 6.07) is 2.91. The van der Waals surface area contributed by atoms with E-state index in [9.17, 15) is 20.0 Å². The standard InChI is InChI=1S/C19H29N3O6/c1-12-10-21(18(24)28-19(3,4)5)13(2)9-20(12)11-14-7-15(22(25)26)17(23)16(8-14)27-6/h7-8,12-13,23H,9-11H2,1-6H3/t12-,13-/m1/s1. The van der Waals surface area contributed by atoms with Crippen molar-refractivity contribution in [2.45, 2.75) is 58.8 Å². The Kier molecular flexibility index (Phi) is 6.38. The predicted molar refractivity (Wildman–Crippen MR) is 104 cm³/mol. The molecule has 0 radical (unpaired) electrons. The zero-order chi connectivity index (χ0) is 21.2. The van der Waals surface area contributed by atoms with Crippen molar-refractivity contribution in [3.63, 3.8) is 0 Å². The SMILES string of the molecule is COc1cc(CN2C[C@@H](C)N(C(=O)OC(C)(C)C)C[C@H]2C)cc([N+](=O)[O-])c1O. The van der Waals surface area contributed by atoms with E-state index in [0.29, 0.717) is 25.2 Å². The Labute approximate surface area is 165 Å². The zero-order valence-electron chi connectivity index (χ0n) is 17.3. The number of aromatic hydroxyl groups is 1. The summed E-state index contributed by atoms with van der Waals surface area (Å²) in [5.74, 6) is -0.412. The third kappa shape index (κ3) is 5.03. The summed E-state index contributed by atoms with van der Waals surface area (Å²) in [4.78, 5) is 26.9. The van der Waals surface area contributed by atoms with Gasteiger partial charge in [-0.15, -0.1) is 0 Å². The Morgan fingerprint density at radius 2 is 1.93 bits per heavy atom. The maximum absolute atomic E-state index is 12.4. The molecule has 0 aliphatic carbocycles. The summed E-state index contributed by atoms with van der Waals surface area (Å²) in [7, 11) is 1.35. The van der Waals surface area contributed by atoms with Crippen molar-refractivity contribution in [2.24, 2.45) is 0 Å². The Bertz CT molecular complexity index is 746. The molecule has 0 aromatic heterocycles. The highest BCUT2D eigenvalue weighted by Gasteiger charge is 2.34. The van der Waals surface area contributed by atoms with Gasteiger partial charge in [0.15, 0.2) is 5.75 Å². The molecular formula is C19H29N3O6. The summed E-state index contributed by atoms with van der Waals surface area (Å²) in [5.41, 5.74) is -0.285. The van der Waals surface area contributed by atoms with Gasteiger partial charge in [-0.2, -0.15) is 0 Å². The van der Waals surface area contributed by atoms with Gasteiger partial charge in [-0.25, -0.2) is 4.79 Å². The number of carbonyl (C=O) groups excluding carboxylic acids is 1. The third-order valence-electron chi connectivity index (χ3n) is 4.66. The Hall–Kier alpha value is -2.55. The molecular weight excluding hydrogens is 366 g/mol. The van der Waals surface area contributed by atoms with Crippen LogP contribution in [0.2, 0.25) is 0 Å². The number of methoxy groups -OCH3 is 1. The van der Waals surface area contributed by atoms with Crippen LogP contribution in [0.5, 0.6) is 11.5 Å². The third-order valence-corrected chi connectivity index (χ3v) is 4.66. The van der Waals surface area contributed by atoms with Crippen LogP contribution in [0.3, 0.4) is 0 Å². The molecule has 2 atom stereocenters. The van der Waals surface area contributed by atoms with E-state index in [1.807, 2.05) is 34.6 Å². The number of piperazine rings is 1. The molecule has 0 saturated carbocycles. The summed E-state index contributed by atoms with van der Waals surface area (Å²) < 4.78 is 10.6. The number of phenols is 1. The fourth-order valence-electron chi connectivity index (χ4n) is 3.26. The number of nitro groups is 1. The number of ether oxygens (including phenoxy) is 2. The maximum Gasteiger partial charge on any atom is 0.410 e. The number of carbonyl (C=O) groups is 1. The Morgan fingerprint density at radius 3 is 2.46 bits per heavy atom. The first-order chi connectivity index (χ1) is 12.9. The van der Waals surface area contributed by atoms with Crippen LogP contribution in [-0.2, 0) is 11.3 Å². The van der Waals surface area contributed by atoms with Crippen molar-refractivity contribution < 1.29 is 24.3 Å². The molecule has 1 aromatic carbocycles. The van der Waals surface area contributed by atoms with Crippen molar-refractivity contribution in [1.82, 2.24) is 9.80 Å². The molecule has 0 bridgehead atoms. The lowest BCUT2D eigenvalue weighted by Gasteiger charge is -2.44. The van der Waals surface area contributed by atoms with E-state index in [0.717, 1.165) is 0 Å². The van der Waals surface area contributed by atoms with Crippen molar-refractivity contribution in [1.29, 1.82) is 0 Å². The topological polar surface area (TPSA) is 105 Å². The number of phenolic OH excluding ortho intramolecular Hbond substituents is 1. The van der Waals surface area contributed by atoms with E-state index in [4.69, 9.17) is 9.47 Å². The monoisotopic (exact) mass is 395 g/mol. The number of benzene rings is 1. The van der Waals surface area contributed by atoms with Crippen LogP contribution in [0.15, 0.2) is 12.1 Å². The van der Waals surface area contributed by atoms with Crippen LogP contribution in [0.1, 0.15) is 40.2 Å². The molecule has 1 fully saturated rings. The first-order valence-corrected chi connectivity index (χ1v) is 9.21. The van der Waals surface area contributed by atoms with E-state index >= 15 is 0 Å². The predicted octanol–water partition coefficient (Wildman–Crippen LogP) is 3.14. The molecule has 1 aromatic rings. The summed E-state index contributed by atoms with van der Waals surface area (Å²) in [6.45, 7) is 11.0. The van der Waals surface area contributed by atoms with E-state index in [2.05, 4.69) is 4.90 Å². The minimum absolute atomic E-state index is 0.0302. The molecule has 1 aliphatic heterocycles. The minimum atomic E-state index is -0.631. The van der Waals surface area contributed by atoms with Gasteiger partial charge in [0.25, 0.3) is 0 Å². The van der Waals surface area contributed by atoms with Crippen molar-refractivity contribution >= 4 is 11.8 Å². The van der Waals surface area contributed by atoms with Crippen molar-refractivity contribution in [2.75, 3.05) is 20.2 Å². The molecule has 2 rings (SSSR count). The summed E-state index contributed by atoms with van der Waals surface area (Å²) in [5, 5.41) is 21.1. The Morgan fingerprint density at radius 1 is 1.29 bits per heavy atom. The second-order valence-electron chi connectivity index (χ2n) is 8.18. The van der Waals surface area contributed by atoms with Gasteiger partial charge in [-0.05, 0) is 46.2 Å². The minimum Gasteiger partial charge on any atom is -0.500 e. The van der Waals surface area contributed by atoms with Crippen LogP contribution < -0.4 is 4.74 Å². The van der Waals surface area contributed by atoms with Crippen LogP contribution >= 0.6 is 0 Å². The van der Waals surface area contributed by atoms with Gasteiger partial charge in [0.1, 0.15) is 5.60 Å². The number of nitro benzene ring substituents is 1. The van der Waals surface area contributed by atoms with Crippen LogP contribution in [0.25, 0.3) is 0 Å². The lowest BCUT2D eigenvalue weighted by atomic mass is 10.1. The van der Waals surface area contributed by atoms with Crippen LogP contribution in [0, 0.1) is 10.1 Å². The van der Waals surface area contributed by atoms with Crippen LogP contribution in [0.4, 0.5) is 10.5 Å². The van der Waals surface area contributed by atoms with Crippen molar-refractivity contribution in [3.8, 4) is 11.5 Å². The molecule has 1 N–H and O–H groups in total. The molecule has 0 unspecified atom stereocenters. The lowest BCUT2D eigenvalue weighted by molar-refractivity contribution is -0.386. The summed E-state index contributed by atoms with van der Waals surface area (Å²) in [6.07, 6.45) is -0.339. The van der Waals surface area contributed by atoms with Crippen LogP contribution in [-0.4, -0.2) is 63.8 Å². The van der Waals surface area contributed by atoms with Gasteiger partial charge < -0.3 is 19.5 Å². The van der Waals surface area contributed by atoms with Gasteiger partial charge in [0.2, 0.25) is 5.75 Å². The first kappa shape index (κ1) is 21.7. The molecule has 1 aliphatic rings. The largest absolute Gasteiger partial charge is 0.500 e. The van der Waals surface area contributed by atoms with Gasteiger partial charge in [-0.1, -0.05) is 0 Å². The van der Waals surface area contributed by atoms with E-state index in [1.165, 1.54) is 13.2 Å². The highest BCUT2D eigenvalue weighted by Crippen LogP contribution is 2.37. The number of nitrogens with zero attached hydrogens (tertiary/aromatic N) is 3. The molecule has 28 heavy (non-hydrogen) atoms. The van der Waals surface area contributed by atoms with E-state index in [-0.39, 0.29) is 29.6 Å². The average molecular weight is 395 g/mol.